The Hall–Kier alpha value is -5.77. The molecular weight excluding hydrogens is 651 g/mol. The molecule has 1 aliphatic heterocycles. The number of nitrogens with zero attached hydrogens (tertiary/aromatic N) is 3. The number of benzene rings is 5. The van der Waals surface area contributed by atoms with Gasteiger partial charge in [0.2, 0.25) is 5.91 Å². The summed E-state index contributed by atoms with van der Waals surface area (Å²) in [7, 11) is 3.50. The summed E-state index contributed by atoms with van der Waals surface area (Å²) in [5, 5.41) is 5.62. The van der Waals surface area contributed by atoms with Gasteiger partial charge in [-0.2, -0.15) is 0 Å². The zero-order valence-electron chi connectivity index (χ0n) is 29.7. The number of rotatable bonds is 12. The molecule has 2 N–H and O–H groups in total. The summed E-state index contributed by atoms with van der Waals surface area (Å²) >= 11 is 0. The highest BCUT2D eigenvalue weighted by molar-refractivity contribution is 6.04. The van der Waals surface area contributed by atoms with Crippen LogP contribution in [0, 0.1) is 0 Å². The van der Waals surface area contributed by atoms with Crippen molar-refractivity contribution in [3.05, 3.63) is 139 Å². The molecule has 52 heavy (non-hydrogen) atoms. The molecule has 1 fully saturated rings. The zero-order chi connectivity index (χ0) is 36.3. The van der Waals surface area contributed by atoms with Crippen molar-refractivity contribution < 1.29 is 19.1 Å². The molecule has 3 amide bonds. The van der Waals surface area contributed by atoms with E-state index in [1.807, 2.05) is 84.9 Å². The summed E-state index contributed by atoms with van der Waals surface area (Å²) < 4.78 is 6.33. The third-order valence-corrected chi connectivity index (χ3v) is 9.27. The van der Waals surface area contributed by atoms with Gasteiger partial charge in [-0.25, -0.2) is 9.69 Å². The summed E-state index contributed by atoms with van der Waals surface area (Å²) in [5.41, 5.74) is 6.48. The third-order valence-electron chi connectivity index (χ3n) is 9.27. The maximum Gasteiger partial charge on any atom is 0.419 e. The van der Waals surface area contributed by atoms with Crippen molar-refractivity contribution in [2.75, 3.05) is 57.0 Å². The van der Waals surface area contributed by atoms with Gasteiger partial charge in [0.15, 0.2) is 0 Å². The summed E-state index contributed by atoms with van der Waals surface area (Å²) in [6.45, 7) is 2.92. The number of piperidine rings is 1. The van der Waals surface area contributed by atoms with Gasteiger partial charge < -0.3 is 25.2 Å². The molecule has 0 unspecified atom stereocenters. The van der Waals surface area contributed by atoms with E-state index in [4.69, 9.17) is 4.74 Å². The smallest absolute Gasteiger partial charge is 0.419 e. The van der Waals surface area contributed by atoms with Crippen LogP contribution in [-0.4, -0.2) is 80.6 Å². The number of carbonyl (C=O) groups is 3. The van der Waals surface area contributed by atoms with E-state index in [-0.39, 0.29) is 24.5 Å². The number of likely N-dealkylation sites (tertiary alicyclic amines) is 1. The Morgan fingerprint density at radius 2 is 1.29 bits per heavy atom. The van der Waals surface area contributed by atoms with Crippen LogP contribution in [-0.2, 0) is 9.53 Å². The number of ether oxygens (including phenoxy) is 1. The molecule has 5 aromatic carbocycles. The molecule has 5 aromatic rings. The van der Waals surface area contributed by atoms with Gasteiger partial charge >= 0.3 is 6.09 Å². The lowest BCUT2D eigenvalue weighted by atomic mass is 10.00. The molecule has 0 aliphatic carbocycles. The molecule has 6 rings (SSSR count). The van der Waals surface area contributed by atoms with Gasteiger partial charge in [0.25, 0.3) is 5.91 Å². The molecule has 0 spiro atoms. The molecule has 9 heteroatoms. The van der Waals surface area contributed by atoms with E-state index in [1.165, 1.54) is 0 Å². The summed E-state index contributed by atoms with van der Waals surface area (Å²) in [4.78, 5) is 45.3. The van der Waals surface area contributed by atoms with E-state index < -0.39 is 6.09 Å². The first-order chi connectivity index (χ1) is 25.4. The number of hydrogen-bond acceptors (Lipinski definition) is 6. The van der Waals surface area contributed by atoms with Gasteiger partial charge in [0.05, 0.1) is 17.9 Å². The standard InChI is InChI=1S/C43H45N5O4/c1-44-31-41(49)45-35-19-13-18-34(30-35)42(50)46(2)28-29-47-26-24-36(25-27-47)52-43(51)48(39-22-11-9-20-37(39)32-14-5-3-6-15-32)40-23-12-10-21-38(40)33-16-7-4-8-17-33/h3-23,30,36,44H,24-29,31H2,1-2H3,(H,45,49). The van der Waals surface area contributed by atoms with Crippen molar-refractivity contribution in [2.45, 2.75) is 18.9 Å². The van der Waals surface area contributed by atoms with Crippen molar-refractivity contribution >= 4 is 35.0 Å². The first kappa shape index (κ1) is 36.0. The summed E-state index contributed by atoms with van der Waals surface area (Å²) in [5.74, 6) is -0.281. The van der Waals surface area contributed by atoms with Crippen LogP contribution in [0.3, 0.4) is 0 Å². The average Bonchev–Trinajstić information content (AvgIpc) is 3.18. The first-order valence-electron chi connectivity index (χ1n) is 17.7. The highest BCUT2D eigenvalue weighted by Gasteiger charge is 2.30. The SMILES string of the molecule is CNCC(=O)Nc1cccc(C(=O)N(C)CCN2CCC(OC(=O)N(c3ccccc3-c3ccccc3)c3ccccc3-c3ccccc3)CC2)c1. The van der Waals surface area contributed by atoms with Crippen LogP contribution < -0.4 is 15.5 Å². The molecule has 1 heterocycles. The van der Waals surface area contributed by atoms with E-state index in [9.17, 15) is 14.4 Å². The number of amides is 3. The molecule has 0 bridgehead atoms. The summed E-state index contributed by atoms with van der Waals surface area (Å²) in [6.07, 6.45) is 0.706. The molecule has 0 radical (unpaired) electrons. The number of anilines is 3. The Bertz CT molecular complexity index is 1880. The largest absolute Gasteiger partial charge is 0.445 e. The van der Waals surface area contributed by atoms with Gasteiger partial charge in [-0.05, 0) is 61.3 Å². The number of hydrogen-bond donors (Lipinski definition) is 2. The summed E-state index contributed by atoms with van der Waals surface area (Å²) in [6, 6.07) is 43.1. The van der Waals surface area contributed by atoms with Gasteiger partial charge in [-0.1, -0.05) is 103 Å². The van der Waals surface area contributed by atoms with Crippen molar-refractivity contribution in [3.63, 3.8) is 0 Å². The lowest BCUT2D eigenvalue weighted by Crippen LogP contribution is -2.43. The van der Waals surface area contributed by atoms with Crippen LogP contribution in [0.2, 0.25) is 0 Å². The van der Waals surface area contributed by atoms with E-state index >= 15 is 0 Å². The lowest BCUT2D eigenvalue weighted by molar-refractivity contribution is -0.115. The first-order valence-corrected chi connectivity index (χ1v) is 17.7. The predicted octanol–water partition coefficient (Wildman–Crippen LogP) is 7.69. The number of likely N-dealkylation sites (N-methyl/N-ethyl adjacent to an activating group) is 2. The Balaban J connectivity index is 1.13. The predicted molar refractivity (Wildman–Crippen MR) is 208 cm³/mol. The molecule has 0 aromatic heterocycles. The second-order valence-corrected chi connectivity index (χ2v) is 12.9. The minimum absolute atomic E-state index is 0.111. The van der Waals surface area contributed by atoms with Gasteiger partial charge in [-0.3, -0.25) is 9.59 Å². The quantitative estimate of drug-likeness (QED) is 0.139. The average molecular weight is 696 g/mol. The van der Waals surface area contributed by atoms with Crippen LogP contribution >= 0.6 is 0 Å². The Morgan fingerprint density at radius 3 is 1.87 bits per heavy atom. The molecular formula is C43H45N5O4. The van der Waals surface area contributed by atoms with Crippen molar-refractivity contribution in [1.29, 1.82) is 0 Å². The van der Waals surface area contributed by atoms with Crippen LogP contribution in [0.4, 0.5) is 21.9 Å². The number of carbonyl (C=O) groups excluding carboxylic acids is 3. The fourth-order valence-corrected chi connectivity index (χ4v) is 6.54. The Morgan fingerprint density at radius 1 is 0.731 bits per heavy atom. The second-order valence-electron chi connectivity index (χ2n) is 12.9. The molecule has 266 valence electrons. The van der Waals surface area contributed by atoms with E-state index in [0.717, 1.165) is 46.7 Å². The zero-order valence-corrected chi connectivity index (χ0v) is 29.7. The highest BCUT2D eigenvalue weighted by Crippen LogP contribution is 2.40. The van der Waals surface area contributed by atoms with Crippen LogP contribution in [0.25, 0.3) is 22.3 Å². The van der Waals surface area contributed by atoms with E-state index in [0.29, 0.717) is 37.2 Å². The molecule has 0 atom stereocenters. The normalized spacial score (nSPS) is 13.3. The van der Waals surface area contributed by atoms with Gasteiger partial charge in [0.1, 0.15) is 6.10 Å². The molecule has 9 nitrogen and oxygen atoms in total. The van der Waals surface area contributed by atoms with Crippen LogP contribution in [0.1, 0.15) is 23.2 Å². The molecule has 1 aliphatic rings. The topological polar surface area (TPSA) is 94.2 Å². The van der Waals surface area contributed by atoms with Crippen LogP contribution in [0.5, 0.6) is 0 Å². The van der Waals surface area contributed by atoms with E-state index in [2.05, 4.69) is 39.8 Å². The van der Waals surface area contributed by atoms with Crippen molar-refractivity contribution in [1.82, 2.24) is 15.1 Å². The molecule has 1 saturated heterocycles. The Kier molecular flexibility index (Phi) is 12.1. The lowest BCUT2D eigenvalue weighted by Gasteiger charge is -2.34. The minimum Gasteiger partial charge on any atom is -0.445 e. The van der Waals surface area contributed by atoms with Gasteiger partial charge in [-0.15, -0.1) is 0 Å². The maximum absolute atomic E-state index is 14.4. The minimum atomic E-state index is -0.417. The highest BCUT2D eigenvalue weighted by atomic mass is 16.6. The van der Waals surface area contributed by atoms with E-state index in [1.54, 1.807) is 48.2 Å². The Labute approximate surface area is 305 Å². The second kappa shape index (κ2) is 17.4. The number of nitrogens with one attached hydrogen (secondary N) is 2. The fraction of sp³-hybridized carbons (Fsp3) is 0.233. The maximum atomic E-state index is 14.4. The van der Waals surface area contributed by atoms with Crippen molar-refractivity contribution in [2.24, 2.45) is 0 Å². The van der Waals surface area contributed by atoms with Gasteiger partial charge in [0, 0.05) is 55.6 Å². The van der Waals surface area contributed by atoms with Crippen LogP contribution in [0.15, 0.2) is 133 Å². The monoisotopic (exact) mass is 695 g/mol. The number of para-hydroxylation sites is 2. The van der Waals surface area contributed by atoms with Crippen molar-refractivity contribution in [3.8, 4) is 22.3 Å². The fourth-order valence-electron chi connectivity index (χ4n) is 6.54. The molecule has 0 saturated carbocycles. The third kappa shape index (κ3) is 8.93.